The molecule has 0 radical (unpaired) electrons. The minimum Gasteiger partial charge on any atom is -0.385 e. The molecule has 0 amide bonds. The number of nitrogens with zero attached hydrogens (tertiary/aromatic N) is 1. The lowest BCUT2D eigenvalue weighted by atomic mass is 9.89. The van der Waals surface area contributed by atoms with E-state index in [-0.39, 0.29) is 23.5 Å². The van der Waals surface area contributed by atoms with Gasteiger partial charge in [-0.15, -0.1) is 0 Å². The van der Waals surface area contributed by atoms with Crippen LogP contribution in [0.4, 0.5) is 0 Å². The molecule has 11 heavy (non-hydrogen) atoms. The van der Waals surface area contributed by atoms with Crippen LogP contribution < -0.4 is 11.6 Å². The molecule has 0 aliphatic rings. The van der Waals surface area contributed by atoms with Crippen molar-refractivity contribution < 1.29 is 4.79 Å². The number of hydrogen-bond donors (Lipinski definition) is 2. The minimum absolute atomic E-state index is 0.0456. The molecule has 0 aromatic rings. The number of Topliss-reactive ketones (excluding diaryl/α,β-unsaturated/α-hetero) is 1. The Morgan fingerprint density at radius 3 is 2.18 bits per heavy atom. The van der Waals surface area contributed by atoms with Gasteiger partial charge in [0.2, 0.25) is 0 Å². The van der Waals surface area contributed by atoms with Crippen molar-refractivity contribution in [3.63, 3.8) is 0 Å². The van der Waals surface area contributed by atoms with Gasteiger partial charge in [-0.1, -0.05) is 20.8 Å². The van der Waals surface area contributed by atoms with Crippen molar-refractivity contribution in [2.24, 2.45) is 22.1 Å². The average Bonchev–Trinajstić information content (AvgIpc) is 1.85. The molecule has 4 heteroatoms. The Bertz CT molecular complexity index is 179. The van der Waals surface area contributed by atoms with Crippen LogP contribution in [0.1, 0.15) is 27.2 Å². The maximum absolute atomic E-state index is 11.2. The topological polar surface area (TPSA) is 81.5 Å². The fourth-order valence-corrected chi connectivity index (χ4v) is 0.475. The van der Waals surface area contributed by atoms with Crippen molar-refractivity contribution >= 4 is 11.6 Å². The molecular formula is C7H15N3O. The maximum Gasteiger partial charge on any atom is 0.145 e. The van der Waals surface area contributed by atoms with Crippen molar-refractivity contribution in [2.45, 2.75) is 27.2 Å². The third kappa shape index (κ3) is 3.60. The fourth-order valence-electron chi connectivity index (χ4n) is 0.475. The van der Waals surface area contributed by atoms with Gasteiger partial charge >= 0.3 is 0 Å². The predicted molar refractivity (Wildman–Crippen MR) is 44.9 cm³/mol. The summed E-state index contributed by atoms with van der Waals surface area (Å²) in [5.41, 5.74) is 4.91. The van der Waals surface area contributed by atoms with E-state index in [0.717, 1.165) is 0 Å². The molecular weight excluding hydrogens is 142 g/mol. The van der Waals surface area contributed by atoms with Gasteiger partial charge in [-0.3, -0.25) is 4.79 Å². The Morgan fingerprint density at radius 1 is 1.45 bits per heavy atom. The Kier molecular flexibility index (Phi) is 3.04. The number of ketones is 1. The van der Waals surface area contributed by atoms with Gasteiger partial charge < -0.3 is 11.6 Å². The molecule has 4 N–H and O–H groups in total. The molecule has 0 unspecified atom stereocenters. The summed E-state index contributed by atoms with van der Waals surface area (Å²) in [6.45, 7) is 5.50. The van der Waals surface area contributed by atoms with E-state index in [1.807, 2.05) is 20.8 Å². The summed E-state index contributed by atoms with van der Waals surface area (Å²) in [6, 6.07) is 0. The zero-order valence-corrected chi connectivity index (χ0v) is 7.22. The molecule has 0 bridgehead atoms. The SMILES string of the molecule is CC(C)(C)C(=O)C/C(N)=N/N. The molecule has 0 saturated carbocycles. The van der Waals surface area contributed by atoms with E-state index in [2.05, 4.69) is 5.10 Å². The lowest BCUT2D eigenvalue weighted by Gasteiger charge is -2.15. The lowest BCUT2D eigenvalue weighted by Crippen LogP contribution is -2.27. The molecule has 0 fully saturated rings. The summed E-state index contributed by atoms with van der Waals surface area (Å²) in [4.78, 5) is 11.2. The predicted octanol–water partition coefficient (Wildman–Crippen LogP) is 0.223. The molecule has 4 nitrogen and oxygen atoms in total. The summed E-state index contributed by atoms with van der Waals surface area (Å²) in [6.07, 6.45) is 0.139. The van der Waals surface area contributed by atoms with E-state index in [4.69, 9.17) is 11.6 Å². The number of amidine groups is 1. The number of rotatable bonds is 2. The Hall–Kier alpha value is -1.06. The highest BCUT2D eigenvalue weighted by Gasteiger charge is 2.21. The highest BCUT2D eigenvalue weighted by molar-refractivity contribution is 6.01. The quantitative estimate of drug-likeness (QED) is 0.260. The Balaban J connectivity index is 4.10. The monoisotopic (exact) mass is 157 g/mol. The Morgan fingerprint density at radius 2 is 1.91 bits per heavy atom. The number of hydrogen-bond acceptors (Lipinski definition) is 3. The van der Waals surface area contributed by atoms with Crippen molar-refractivity contribution in [3.8, 4) is 0 Å². The highest BCUT2D eigenvalue weighted by atomic mass is 16.1. The molecule has 0 rings (SSSR count). The van der Waals surface area contributed by atoms with E-state index >= 15 is 0 Å². The number of hydrazone groups is 1. The van der Waals surface area contributed by atoms with Gasteiger partial charge in [0.05, 0.1) is 6.42 Å². The van der Waals surface area contributed by atoms with Gasteiger partial charge in [0, 0.05) is 5.41 Å². The molecule has 0 aliphatic carbocycles. The molecule has 0 atom stereocenters. The summed E-state index contributed by atoms with van der Waals surface area (Å²) in [5, 5.41) is 3.22. The van der Waals surface area contributed by atoms with Crippen LogP contribution in [0, 0.1) is 5.41 Å². The van der Waals surface area contributed by atoms with E-state index in [1.54, 1.807) is 0 Å². The van der Waals surface area contributed by atoms with Crippen molar-refractivity contribution in [1.29, 1.82) is 0 Å². The largest absolute Gasteiger partial charge is 0.385 e. The zero-order valence-electron chi connectivity index (χ0n) is 7.22. The second-order valence-corrected chi connectivity index (χ2v) is 3.47. The van der Waals surface area contributed by atoms with Crippen molar-refractivity contribution in [2.75, 3.05) is 0 Å². The Labute approximate surface area is 66.6 Å². The number of nitrogens with two attached hydrogens (primary N) is 2. The molecule has 0 heterocycles. The molecule has 0 aliphatic heterocycles. The van der Waals surface area contributed by atoms with Crippen LogP contribution in [0.25, 0.3) is 0 Å². The van der Waals surface area contributed by atoms with Crippen LogP contribution in [-0.2, 0) is 4.79 Å². The first-order valence-electron chi connectivity index (χ1n) is 3.43. The number of carbonyl (C=O) groups excluding carboxylic acids is 1. The third-order valence-electron chi connectivity index (χ3n) is 1.34. The van der Waals surface area contributed by atoms with Gasteiger partial charge in [-0.05, 0) is 0 Å². The molecule has 0 spiro atoms. The van der Waals surface area contributed by atoms with E-state index in [1.165, 1.54) is 0 Å². The van der Waals surface area contributed by atoms with E-state index < -0.39 is 0 Å². The maximum atomic E-state index is 11.2. The van der Waals surface area contributed by atoms with Gasteiger partial charge in [-0.25, -0.2) is 0 Å². The number of carbonyl (C=O) groups is 1. The van der Waals surface area contributed by atoms with E-state index in [9.17, 15) is 4.79 Å². The summed E-state index contributed by atoms with van der Waals surface area (Å²) in [5.74, 6) is 5.11. The second-order valence-electron chi connectivity index (χ2n) is 3.47. The van der Waals surface area contributed by atoms with Gasteiger partial charge in [0.1, 0.15) is 11.6 Å². The summed E-state index contributed by atoms with van der Waals surface area (Å²) in [7, 11) is 0. The first-order chi connectivity index (χ1) is 4.88. The smallest absolute Gasteiger partial charge is 0.145 e. The van der Waals surface area contributed by atoms with Gasteiger partial charge in [0.25, 0.3) is 0 Å². The molecule has 0 saturated heterocycles. The van der Waals surface area contributed by atoms with Crippen molar-refractivity contribution in [1.82, 2.24) is 0 Å². The van der Waals surface area contributed by atoms with Crippen LogP contribution in [-0.4, -0.2) is 11.6 Å². The van der Waals surface area contributed by atoms with Crippen molar-refractivity contribution in [3.05, 3.63) is 0 Å². The first-order valence-corrected chi connectivity index (χ1v) is 3.43. The first kappa shape index (κ1) is 9.94. The van der Waals surface area contributed by atoms with Crippen LogP contribution in [0.3, 0.4) is 0 Å². The second kappa shape index (κ2) is 3.37. The lowest BCUT2D eigenvalue weighted by molar-refractivity contribution is -0.125. The molecule has 0 aromatic heterocycles. The molecule has 0 aromatic carbocycles. The summed E-state index contributed by atoms with van der Waals surface area (Å²) >= 11 is 0. The van der Waals surface area contributed by atoms with Gasteiger partial charge in [0.15, 0.2) is 0 Å². The van der Waals surface area contributed by atoms with E-state index in [0.29, 0.717) is 0 Å². The molecule has 64 valence electrons. The minimum atomic E-state index is -0.366. The zero-order chi connectivity index (χ0) is 9.07. The standard InChI is InChI=1S/C7H15N3O/c1-7(2,3)5(11)4-6(8)10-9/h4,9H2,1-3H3,(H2,8,10). The van der Waals surface area contributed by atoms with Crippen LogP contribution in [0.2, 0.25) is 0 Å². The van der Waals surface area contributed by atoms with Crippen LogP contribution >= 0.6 is 0 Å². The third-order valence-corrected chi connectivity index (χ3v) is 1.34. The average molecular weight is 157 g/mol. The van der Waals surface area contributed by atoms with Gasteiger partial charge in [-0.2, -0.15) is 5.10 Å². The normalized spacial score (nSPS) is 13.2. The van der Waals surface area contributed by atoms with Crippen LogP contribution in [0.5, 0.6) is 0 Å². The highest BCUT2D eigenvalue weighted by Crippen LogP contribution is 2.15. The fraction of sp³-hybridized carbons (Fsp3) is 0.714. The summed E-state index contributed by atoms with van der Waals surface area (Å²) < 4.78 is 0. The van der Waals surface area contributed by atoms with Crippen LogP contribution in [0.15, 0.2) is 5.10 Å².